The number of hydrogen-bond acceptors (Lipinski definition) is 5. The van der Waals surface area contributed by atoms with Crippen molar-refractivity contribution in [3.05, 3.63) is 39.9 Å². The van der Waals surface area contributed by atoms with Gasteiger partial charge in [-0.15, -0.1) is 0 Å². The number of carbonyl (C=O) groups is 2. The van der Waals surface area contributed by atoms with Gasteiger partial charge in [-0.3, -0.25) is 14.9 Å². The number of non-ortho nitro benzene ring substituents is 1. The van der Waals surface area contributed by atoms with Crippen LogP contribution in [0.4, 0.5) is 5.69 Å². The molecular weight excluding hydrogens is 310 g/mol. The summed E-state index contributed by atoms with van der Waals surface area (Å²) >= 11 is 0. The molecule has 0 amide bonds. The summed E-state index contributed by atoms with van der Waals surface area (Å²) in [5, 5.41) is 10.6. The van der Waals surface area contributed by atoms with E-state index in [-0.39, 0.29) is 46.3 Å². The number of rotatable bonds is 4. The van der Waals surface area contributed by atoms with Crippen LogP contribution in [0.3, 0.4) is 0 Å². The summed E-state index contributed by atoms with van der Waals surface area (Å²) in [5.74, 6) is -0.371. The van der Waals surface area contributed by atoms with Crippen LogP contribution in [0.5, 0.6) is 0 Å². The quantitative estimate of drug-likeness (QED) is 0.479. The normalized spacial score (nSPS) is 30.4. The lowest BCUT2D eigenvalue weighted by Crippen LogP contribution is -2.34. The number of carbonyl (C=O) groups excluding carboxylic acids is 2. The van der Waals surface area contributed by atoms with Crippen molar-refractivity contribution in [1.29, 1.82) is 0 Å². The van der Waals surface area contributed by atoms with Crippen molar-refractivity contribution in [3.8, 4) is 0 Å². The Labute approximate surface area is 140 Å². The smallest absolute Gasteiger partial charge is 0.338 e. The van der Waals surface area contributed by atoms with E-state index in [9.17, 15) is 19.7 Å². The molecule has 0 saturated heterocycles. The monoisotopic (exact) mass is 331 g/mol. The number of fused-ring (bicyclic) bond motifs is 2. The number of nitro benzene ring substituents is 1. The van der Waals surface area contributed by atoms with E-state index in [0.29, 0.717) is 0 Å². The number of Topliss-reactive ketones (excluding diaryl/α,β-unsaturated/α-hetero) is 1. The van der Waals surface area contributed by atoms with E-state index in [1.807, 2.05) is 6.92 Å². The first-order valence-corrected chi connectivity index (χ1v) is 8.14. The number of nitro groups is 1. The molecule has 128 valence electrons. The highest BCUT2D eigenvalue weighted by Gasteiger charge is 2.66. The van der Waals surface area contributed by atoms with Gasteiger partial charge in [0.15, 0.2) is 0 Å². The first kappa shape index (κ1) is 16.6. The molecule has 0 aromatic heterocycles. The summed E-state index contributed by atoms with van der Waals surface area (Å²) in [5.41, 5.74) is -0.234. The van der Waals surface area contributed by atoms with Crippen molar-refractivity contribution in [1.82, 2.24) is 0 Å². The zero-order chi connectivity index (χ0) is 17.7. The Morgan fingerprint density at radius 3 is 2.42 bits per heavy atom. The van der Waals surface area contributed by atoms with Gasteiger partial charge in [0.1, 0.15) is 12.4 Å². The maximum Gasteiger partial charge on any atom is 0.338 e. The largest absolute Gasteiger partial charge is 0.461 e. The van der Waals surface area contributed by atoms with E-state index in [0.717, 1.165) is 12.8 Å². The zero-order valence-corrected chi connectivity index (χ0v) is 14.1. The number of benzene rings is 1. The Hall–Kier alpha value is -2.24. The Balaban J connectivity index is 1.67. The highest BCUT2D eigenvalue weighted by molar-refractivity contribution is 5.93. The molecule has 3 unspecified atom stereocenters. The maximum absolute atomic E-state index is 12.7. The molecule has 3 rings (SSSR count). The van der Waals surface area contributed by atoms with Crippen LogP contribution in [0, 0.1) is 32.8 Å². The van der Waals surface area contributed by atoms with Gasteiger partial charge >= 0.3 is 5.97 Å². The number of ketones is 1. The fourth-order valence-corrected chi connectivity index (χ4v) is 4.43. The number of hydrogen-bond donors (Lipinski definition) is 0. The topological polar surface area (TPSA) is 86.5 Å². The van der Waals surface area contributed by atoms with Crippen LogP contribution in [-0.4, -0.2) is 23.3 Å². The van der Waals surface area contributed by atoms with Gasteiger partial charge < -0.3 is 4.74 Å². The summed E-state index contributed by atoms with van der Waals surface area (Å²) in [6, 6.07) is 5.27. The minimum atomic E-state index is -0.552. The van der Waals surface area contributed by atoms with Crippen molar-refractivity contribution >= 4 is 17.4 Å². The lowest BCUT2D eigenvalue weighted by atomic mass is 9.70. The summed E-state index contributed by atoms with van der Waals surface area (Å²) in [6.07, 6.45) is 1.88. The highest BCUT2D eigenvalue weighted by atomic mass is 16.6. The number of ether oxygens (including phenoxy) is 1. The predicted octanol–water partition coefficient (Wildman–Crippen LogP) is 3.39. The maximum atomic E-state index is 12.7. The summed E-state index contributed by atoms with van der Waals surface area (Å²) in [6.45, 7) is 6.35. The number of esters is 1. The van der Waals surface area contributed by atoms with Crippen molar-refractivity contribution in [2.45, 2.75) is 33.6 Å². The predicted molar refractivity (Wildman–Crippen MR) is 86.5 cm³/mol. The first-order valence-electron chi connectivity index (χ1n) is 8.14. The van der Waals surface area contributed by atoms with E-state index in [2.05, 4.69) is 13.8 Å². The van der Waals surface area contributed by atoms with Gasteiger partial charge in [-0.1, -0.05) is 20.8 Å². The van der Waals surface area contributed by atoms with E-state index in [1.54, 1.807) is 0 Å². The molecule has 24 heavy (non-hydrogen) atoms. The molecule has 1 aromatic rings. The van der Waals surface area contributed by atoms with E-state index >= 15 is 0 Å². The molecule has 1 aromatic carbocycles. The van der Waals surface area contributed by atoms with E-state index < -0.39 is 10.9 Å². The molecule has 2 aliphatic carbocycles. The second-order valence-electron chi connectivity index (χ2n) is 7.57. The van der Waals surface area contributed by atoms with Gasteiger partial charge in [-0.2, -0.15) is 0 Å². The van der Waals surface area contributed by atoms with Crippen molar-refractivity contribution in [3.63, 3.8) is 0 Å². The van der Waals surface area contributed by atoms with Gasteiger partial charge in [0.05, 0.1) is 16.4 Å². The molecular formula is C18H21NO5. The summed E-state index contributed by atoms with van der Waals surface area (Å²) in [7, 11) is 0. The lowest BCUT2D eigenvalue weighted by Gasteiger charge is -2.32. The van der Waals surface area contributed by atoms with Crippen LogP contribution in [0.1, 0.15) is 44.0 Å². The number of nitrogens with zero attached hydrogens (tertiary/aromatic N) is 1. The molecule has 6 heteroatoms. The van der Waals surface area contributed by atoms with Crippen LogP contribution >= 0.6 is 0 Å². The van der Waals surface area contributed by atoms with Crippen LogP contribution in [0.25, 0.3) is 0 Å². The minimum Gasteiger partial charge on any atom is -0.461 e. The highest BCUT2D eigenvalue weighted by Crippen LogP contribution is 2.65. The fourth-order valence-electron chi connectivity index (χ4n) is 4.43. The molecule has 0 aliphatic heterocycles. The Morgan fingerprint density at radius 1 is 1.29 bits per heavy atom. The molecule has 3 atom stereocenters. The molecule has 0 heterocycles. The second kappa shape index (κ2) is 5.40. The average Bonchev–Trinajstić information content (AvgIpc) is 2.85. The van der Waals surface area contributed by atoms with Crippen LogP contribution in [-0.2, 0) is 9.53 Å². The van der Waals surface area contributed by atoms with Gasteiger partial charge in [-0.25, -0.2) is 4.79 Å². The molecule has 0 spiro atoms. The van der Waals surface area contributed by atoms with Crippen LogP contribution in [0.15, 0.2) is 24.3 Å². The van der Waals surface area contributed by atoms with Crippen molar-refractivity contribution in [2.75, 3.05) is 6.61 Å². The Morgan fingerprint density at radius 2 is 1.92 bits per heavy atom. The van der Waals surface area contributed by atoms with Gasteiger partial charge in [0, 0.05) is 17.5 Å². The third-order valence-corrected chi connectivity index (χ3v) is 6.38. The second-order valence-corrected chi connectivity index (χ2v) is 7.57. The first-order chi connectivity index (χ1) is 11.2. The SMILES string of the molecule is CC12CCC(C(COC(=O)c3ccc([N+](=O)[O-])cc3)C1=O)C2(C)C. The minimum absolute atomic E-state index is 0.0749. The van der Waals surface area contributed by atoms with Gasteiger partial charge in [-0.05, 0) is 36.3 Å². The molecule has 2 aliphatic rings. The van der Waals surface area contributed by atoms with Crippen molar-refractivity contribution in [2.24, 2.45) is 22.7 Å². The van der Waals surface area contributed by atoms with Gasteiger partial charge in [0.2, 0.25) is 0 Å². The van der Waals surface area contributed by atoms with Crippen molar-refractivity contribution < 1.29 is 19.2 Å². The zero-order valence-electron chi connectivity index (χ0n) is 14.1. The fraction of sp³-hybridized carbons (Fsp3) is 0.556. The third-order valence-electron chi connectivity index (χ3n) is 6.38. The Kier molecular flexibility index (Phi) is 3.73. The molecule has 0 radical (unpaired) electrons. The summed E-state index contributed by atoms with van der Waals surface area (Å²) < 4.78 is 5.34. The third kappa shape index (κ3) is 2.24. The Bertz CT molecular complexity index is 709. The standard InChI is InChI=1S/C18H21NO5/c1-17(2)14-8-9-18(17,3)15(20)13(14)10-24-16(21)11-4-6-12(7-5-11)19(22)23/h4-7,13-14H,8-10H2,1-3H3. The molecule has 0 N–H and O–H groups in total. The lowest BCUT2D eigenvalue weighted by molar-refractivity contribution is -0.384. The van der Waals surface area contributed by atoms with E-state index in [4.69, 9.17) is 4.74 Å². The molecule has 2 fully saturated rings. The van der Waals surface area contributed by atoms with E-state index in [1.165, 1.54) is 24.3 Å². The molecule has 6 nitrogen and oxygen atoms in total. The molecule has 2 saturated carbocycles. The average molecular weight is 331 g/mol. The van der Waals surface area contributed by atoms with Gasteiger partial charge in [0.25, 0.3) is 5.69 Å². The van der Waals surface area contributed by atoms with Crippen LogP contribution in [0.2, 0.25) is 0 Å². The van der Waals surface area contributed by atoms with Crippen LogP contribution < -0.4 is 0 Å². The molecule has 2 bridgehead atoms. The summed E-state index contributed by atoms with van der Waals surface area (Å²) in [4.78, 5) is 35.0.